The first-order valence-corrected chi connectivity index (χ1v) is 10.7. The lowest BCUT2D eigenvalue weighted by atomic mass is 10.1. The van der Waals surface area contributed by atoms with Crippen molar-refractivity contribution in [3.8, 4) is 34.0 Å². The third-order valence-corrected chi connectivity index (χ3v) is 5.42. The first-order chi connectivity index (χ1) is 16.3. The van der Waals surface area contributed by atoms with Gasteiger partial charge in [0.2, 0.25) is 0 Å². The number of halogens is 6. The van der Waals surface area contributed by atoms with Gasteiger partial charge in [0.05, 0.1) is 17.3 Å². The van der Waals surface area contributed by atoms with Gasteiger partial charge in [0.15, 0.2) is 0 Å². The van der Waals surface area contributed by atoms with Gasteiger partial charge < -0.3 is 9.47 Å². The van der Waals surface area contributed by atoms with Crippen LogP contribution in [0.5, 0.6) is 11.5 Å². The number of hydrogen-bond acceptors (Lipinski definition) is 3. The molecule has 0 atom stereocenters. The van der Waals surface area contributed by atoms with Gasteiger partial charge in [0.1, 0.15) is 17.2 Å². The summed E-state index contributed by atoms with van der Waals surface area (Å²) in [5, 5.41) is 5.38. The maximum absolute atomic E-state index is 12.7. The van der Waals surface area contributed by atoms with E-state index in [4.69, 9.17) is 23.2 Å². The van der Waals surface area contributed by atoms with Gasteiger partial charge in [0.25, 0.3) is 0 Å². The summed E-state index contributed by atoms with van der Waals surface area (Å²) in [7, 11) is 0. The number of nitrogens with zero attached hydrogens (tertiary/aromatic N) is 2. The molecule has 3 aromatic carbocycles. The highest BCUT2D eigenvalue weighted by molar-refractivity contribution is 6.35. The number of hydrogen-bond donors (Lipinski definition) is 0. The van der Waals surface area contributed by atoms with Crippen LogP contribution in [0.2, 0.25) is 10.0 Å². The standard InChI is InChI=1S/C24H16Cl2F4N2O2/c25-17-9-7-14(8-10-17)13-32-22(16-4-2-6-19(12-16)34-24(29)30)20(26)21(31-32)15-3-1-5-18(11-15)33-23(27)28/h1-12,23-24H,13H2. The van der Waals surface area contributed by atoms with Gasteiger partial charge >= 0.3 is 13.2 Å². The Balaban J connectivity index is 1.82. The van der Waals surface area contributed by atoms with Gasteiger partial charge in [-0.25, -0.2) is 0 Å². The van der Waals surface area contributed by atoms with Crippen molar-refractivity contribution in [3.63, 3.8) is 0 Å². The van der Waals surface area contributed by atoms with Gasteiger partial charge in [0, 0.05) is 16.1 Å². The Kier molecular flexibility index (Phi) is 7.29. The summed E-state index contributed by atoms with van der Waals surface area (Å²) < 4.78 is 61.5. The summed E-state index contributed by atoms with van der Waals surface area (Å²) in [5.74, 6) is -0.0959. The fourth-order valence-electron chi connectivity index (χ4n) is 3.42. The van der Waals surface area contributed by atoms with E-state index in [1.807, 2.05) is 12.1 Å². The van der Waals surface area contributed by atoms with E-state index >= 15 is 0 Å². The Morgan fingerprint density at radius 1 is 0.765 bits per heavy atom. The number of alkyl halides is 4. The molecule has 0 aliphatic heterocycles. The van der Waals surface area contributed by atoms with Crippen molar-refractivity contribution in [1.82, 2.24) is 9.78 Å². The van der Waals surface area contributed by atoms with Crippen LogP contribution >= 0.6 is 23.2 Å². The molecular formula is C24H16Cl2F4N2O2. The van der Waals surface area contributed by atoms with Gasteiger partial charge in [-0.2, -0.15) is 22.7 Å². The molecule has 0 amide bonds. The minimum absolute atomic E-state index is 0.0447. The van der Waals surface area contributed by atoms with E-state index in [2.05, 4.69) is 14.6 Å². The maximum Gasteiger partial charge on any atom is 0.387 e. The van der Waals surface area contributed by atoms with Crippen molar-refractivity contribution in [2.24, 2.45) is 0 Å². The van der Waals surface area contributed by atoms with E-state index in [0.717, 1.165) is 5.56 Å². The van der Waals surface area contributed by atoms with E-state index in [9.17, 15) is 17.6 Å². The molecular weight excluding hydrogens is 495 g/mol. The highest BCUT2D eigenvalue weighted by Gasteiger charge is 2.21. The second-order valence-electron chi connectivity index (χ2n) is 7.11. The predicted octanol–water partition coefficient (Wildman–Crippen LogP) is 7.78. The highest BCUT2D eigenvalue weighted by atomic mass is 35.5. The van der Waals surface area contributed by atoms with E-state index in [0.29, 0.717) is 27.5 Å². The Morgan fingerprint density at radius 3 is 1.91 bits per heavy atom. The molecule has 0 N–H and O–H groups in total. The maximum atomic E-state index is 12.7. The van der Waals surface area contributed by atoms with Crippen LogP contribution in [-0.2, 0) is 6.54 Å². The zero-order valence-corrected chi connectivity index (χ0v) is 18.8. The Hall–Kier alpha value is -3.23. The van der Waals surface area contributed by atoms with Crippen molar-refractivity contribution >= 4 is 23.2 Å². The monoisotopic (exact) mass is 510 g/mol. The minimum atomic E-state index is -2.99. The molecule has 0 aliphatic carbocycles. The first-order valence-electron chi connectivity index (χ1n) is 9.91. The summed E-state index contributed by atoms with van der Waals surface area (Å²) >= 11 is 12.7. The van der Waals surface area contributed by atoms with E-state index in [1.165, 1.54) is 24.3 Å². The average molecular weight is 511 g/mol. The Bertz CT molecular complexity index is 1280. The van der Waals surface area contributed by atoms with Crippen molar-refractivity contribution < 1.29 is 27.0 Å². The minimum Gasteiger partial charge on any atom is -0.435 e. The molecule has 4 aromatic rings. The fraction of sp³-hybridized carbons (Fsp3) is 0.125. The van der Waals surface area contributed by atoms with Crippen molar-refractivity contribution in [1.29, 1.82) is 0 Å². The van der Waals surface area contributed by atoms with Crippen LogP contribution in [0.1, 0.15) is 5.56 Å². The van der Waals surface area contributed by atoms with Crippen molar-refractivity contribution in [2.75, 3.05) is 0 Å². The molecule has 4 rings (SSSR count). The van der Waals surface area contributed by atoms with E-state index in [-0.39, 0.29) is 23.1 Å². The molecule has 4 nitrogen and oxygen atoms in total. The average Bonchev–Trinajstić information content (AvgIpc) is 3.10. The number of benzene rings is 3. The van der Waals surface area contributed by atoms with Crippen molar-refractivity contribution in [2.45, 2.75) is 19.8 Å². The van der Waals surface area contributed by atoms with Crippen LogP contribution in [0, 0.1) is 0 Å². The van der Waals surface area contributed by atoms with Gasteiger partial charge in [-0.1, -0.05) is 59.6 Å². The van der Waals surface area contributed by atoms with E-state index in [1.54, 1.807) is 41.1 Å². The summed E-state index contributed by atoms with van der Waals surface area (Å²) in [5.41, 5.74) is 2.53. The van der Waals surface area contributed by atoms with Gasteiger partial charge in [-0.3, -0.25) is 4.68 Å². The van der Waals surface area contributed by atoms with Crippen LogP contribution in [0.4, 0.5) is 17.6 Å². The lowest BCUT2D eigenvalue weighted by molar-refractivity contribution is -0.0505. The lowest BCUT2D eigenvalue weighted by Gasteiger charge is -2.10. The summed E-state index contributed by atoms with van der Waals surface area (Å²) in [6.45, 7) is -5.70. The molecule has 0 saturated carbocycles. The summed E-state index contributed by atoms with van der Waals surface area (Å²) in [6.07, 6.45) is 0. The highest BCUT2D eigenvalue weighted by Crippen LogP contribution is 2.39. The molecule has 34 heavy (non-hydrogen) atoms. The number of rotatable bonds is 8. The van der Waals surface area contributed by atoms with Crippen LogP contribution in [0.3, 0.4) is 0 Å². The predicted molar refractivity (Wildman–Crippen MR) is 122 cm³/mol. The third kappa shape index (κ3) is 5.63. The number of ether oxygens (including phenoxy) is 2. The number of aromatic nitrogens is 2. The normalized spacial score (nSPS) is 11.3. The third-order valence-electron chi connectivity index (χ3n) is 4.81. The zero-order valence-electron chi connectivity index (χ0n) is 17.3. The molecule has 10 heteroatoms. The first kappa shape index (κ1) is 23.9. The molecule has 0 aliphatic rings. The molecule has 1 heterocycles. The van der Waals surface area contributed by atoms with Crippen molar-refractivity contribution in [3.05, 3.63) is 88.4 Å². The quantitative estimate of drug-likeness (QED) is 0.227. The molecule has 0 bridgehead atoms. The molecule has 0 saturated heterocycles. The second kappa shape index (κ2) is 10.4. The molecule has 0 spiro atoms. The lowest BCUT2D eigenvalue weighted by Crippen LogP contribution is -2.05. The Labute approximate surface area is 202 Å². The molecule has 0 fully saturated rings. The summed E-state index contributed by atoms with van der Waals surface area (Å²) in [4.78, 5) is 0. The molecule has 0 radical (unpaired) electrons. The SMILES string of the molecule is FC(F)Oc1cccc(-c2nn(Cc3ccc(Cl)cc3)c(-c3cccc(OC(F)F)c3)c2Cl)c1. The van der Waals surface area contributed by atoms with Crippen LogP contribution in [0.15, 0.2) is 72.8 Å². The van der Waals surface area contributed by atoms with Crippen LogP contribution < -0.4 is 9.47 Å². The molecule has 176 valence electrons. The zero-order chi connectivity index (χ0) is 24.2. The van der Waals surface area contributed by atoms with Crippen LogP contribution in [-0.4, -0.2) is 23.0 Å². The smallest absolute Gasteiger partial charge is 0.387 e. The largest absolute Gasteiger partial charge is 0.435 e. The molecule has 1 aromatic heterocycles. The van der Waals surface area contributed by atoms with Gasteiger partial charge in [-0.15, -0.1) is 0 Å². The fourth-order valence-corrected chi connectivity index (χ4v) is 3.90. The topological polar surface area (TPSA) is 36.3 Å². The summed E-state index contributed by atoms with van der Waals surface area (Å²) in [6, 6.07) is 19.1. The van der Waals surface area contributed by atoms with Crippen LogP contribution in [0.25, 0.3) is 22.5 Å². The van der Waals surface area contributed by atoms with E-state index < -0.39 is 13.2 Å². The Morgan fingerprint density at radius 2 is 1.32 bits per heavy atom. The second-order valence-corrected chi connectivity index (χ2v) is 7.92. The van der Waals surface area contributed by atoms with Gasteiger partial charge in [-0.05, 0) is 42.0 Å². The molecule has 0 unspecified atom stereocenters.